The molecule has 0 saturated carbocycles. The third-order valence-corrected chi connectivity index (χ3v) is 3.18. The Morgan fingerprint density at radius 2 is 1.85 bits per heavy atom. The van der Waals surface area contributed by atoms with Crippen LogP contribution in [0.1, 0.15) is 31.4 Å². The molecule has 0 heterocycles. The molecule has 0 aromatic heterocycles. The topological polar surface area (TPSA) is 58.2 Å². The lowest BCUT2D eigenvalue weighted by atomic mass is 10.1. The summed E-state index contributed by atoms with van der Waals surface area (Å²) in [6, 6.07) is 3.65. The zero-order valence-electron chi connectivity index (χ0n) is 12.3. The number of carbonyl (C=O) groups is 2. The summed E-state index contributed by atoms with van der Waals surface area (Å²) in [5.74, 6) is -0.851. The van der Waals surface area contributed by atoms with Gasteiger partial charge in [0.15, 0.2) is 0 Å². The van der Waals surface area contributed by atoms with Crippen LogP contribution in [0.2, 0.25) is 5.02 Å². The molecule has 0 fully saturated rings. The van der Waals surface area contributed by atoms with E-state index in [0.717, 1.165) is 17.5 Å². The van der Waals surface area contributed by atoms with Gasteiger partial charge in [0.2, 0.25) is 0 Å². The Morgan fingerprint density at radius 3 is 2.40 bits per heavy atom. The molecule has 0 saturated heterocycles. The van der Waals surface area contributed by atoms with Crippen LogP contribution in [0.5, 0.6) is 0 Å². The molecule has 1 aromatic carbocycles. The molecule has 0 bridgehead atoms. The first-order chi connectivity index (χ1) is 9.31. The minimum atomic E-state index is -0.692. The number of benzene rings is 1. The molecule has 0 unspecified atom stereocenters. The van der Waals surface area contributed by atoms with Gasteiger partial charge in [-0.05, 0) is 43.4 Å². The SMILES string of the molecule is Cc1cc(C)c(NC(=O)C(=O)NCCC(C)C)c(Cl)c1. The summed E-state index contributed by atoms with van der Waals surface area (Å²) in [6.45, 7) is 8.36. The fraction of sp³-hybridized carbons (Fsp3) is 0.467. The molecule has 0 atom stereocenters. The Bertz CT molecular complexity index is 490. The van der Waals surface area contributed by atoms with E-state index in [1.807, 2.05) is 19.9 Å². The maximum absolute atomic E-state index is 11.8. The maximum atomic E-state index is 11.8. The molecular formula is C15H21ClN2O2. The second-order valence-corrected chi connectivity index (χ2v) is 5.74. The van der Waals surface area contributed by atoms with Crippen LogP contribution in [0.15, 0.2) is 12.1 Å². The number of carbonyl (C=O) groups excluding carboxylic acids is 2. The smallest absolute Gasteiger partial charge is 0.313 e. The predicted molar refractivity (Wildman–Crippen MR) is 82.0 cm³/mol. The van der Waals surface area contributed by atoms with Crippen LogP contribution in [0, 0.1) is 19.8 Å². The van der Waals surface area contributed by atoms with E-state index >= 15 is 0 Å². The number of amides is 2. The summed E-state index contributed by atoms with van der Waals surface area (Å²) in [6.07, 6.45) is 0.837. The van der Waals surface area contributed by atoms with E-state index < -0.39 is 11.8 Å². The van der Waals surface area contributed by atoms with Crippen LogP contribution in [-0.2, 0) is 9.59 Å². The zero-order valence-corrected chi connectivity index (χ0v) is 13.1. The highest BCUT2D eigenvalue weighted by Gasteiger charge is 2.16. The number of hydrogen-bond acceptors (Lipinski definition) is 2. The van der Waals surface area contributed by atoms with Gasteiger partial charge in [0.1, 0.15) is 0 Å². The summed E-state index contributed by atoms with van der Waals surface area (Å²) in [5, 5.41) is 5.59. The van der Waals surface area contributed by atoms with Gasteiger partial charge in [-0.25, -0.2) is 0 Å². The van der Waals surface area contributed by atoms with Crippen molar-refractivity contribution in [1.82, 2.24) is 5.32 Å². The van der Waals surface area contributed by atoms with Crippen molar-refractivity contribution >= 4 is 29.1 Å². The largest absolute Gasteiger partial charge is 0.348 e. The van der Waals surface area contributed by atoms with Gasteiger partial charge in [-0.1, -0.05) is 31.5 Å². The van der Waals surface area contributed by atoms with Gasteiger partial charge in [0, 0.05) is 6.54 Å². The molecule has 1 aromatic rings. The van der Waals surface area contributed by atoms with Crippen LogP contribution in [0.4, 0.5) is 5.69 Å². The fourth-order valence-corrected chi connectivity index (χ4v) is 2.17. The van der Waals surface area contributed by atoms with Gasteiger partial charge >= 0.3 is 11.8 Å². The first-order valence-electron chi connectivity index (χ1n) is 6.67. The number of nitrogens with one attached hydrogen (secondary N) is 2. The Kier molecular flexibility index (Phi) is 6.02. The van der Waals surface area contributed by atoms with Crippen molar-refractivity contribution in [3.05, 3.63) is 28.3 Å². The molecular weight excluding hydrogens is 276 g/mol. The Balaban J connectivity index is 2.64. The normalized spacial score (nSPS) is 10.5. The van der Waals surface area contributed by atoms with Crippen LogP contribution < -0.4 is 10.6 Å². The standard InChI is InChI=1S/C15H21ClN2O2/c1-9(2)5-6-17-14(19)15(20)18-13-11(4)7-10(3)8-12(13)16/h7-9H,5-6H2,1-4H3,(H,17,19)(H,18,20). The average Bonchev–Trinajstić information content (AvgIpc) is 2.32. The Hall–Kier alpha value is -1.55. The quantitative estimate of drug-likeness (QED) is 0.839. The van der Waals surface area contributed by atoms with Gasteiger partial charge in [0.25, 0.3) is 0 Å². The summed E-state index contributed by atoms with van der Waals surface area (Å²) >= 11 is 6.08. The van der Waals surface area contributed by atoms with E-state index in [-0.39, 0.29) is 0 Å². The number of halogens is 1. The number of aryl methyl sites for hydroxylation is 2. The molecule has 4 nitrogen and oxygen atoms in total. The minimum absolute atomic E-state index is 0.436. The molecule has 1 rings (SSSR count). The van der Waals surface area contributed by atoms with Crippen LogP contribution in [0.25, 0.3) is 0 Å². The zero-order chi connectivity index (χ0) is 15.3. The van der Waals surface area contributed by atoms with Crippen LogP contribution >= 0.6 is 11.6 Å². The first kappa shape index (κ1) is 16.5. The van der Waals surface area contributed by atoms with Crippen molar-refractivity contribution in [2.75, 3.05) is 11.9 Å². The van der Waals surface area contributed by atoms with E-state index in [4.69, 9.17) is 11.6 Å². The molecule has 110 valence electrons. The van der Waals surface area contributed by atoms with E-state index in [0.29, 0.717) is 23.2 Å². The van der Waals surface area contributed by atoms with Gasteiger partial charge < -0.3 is 10.6 Å². The molecule has 0 aliphatic carbocycles. The molecule has 0 aliphatic heterocycles. The Labute approximate surface area is 124 Å². The second kappa shape index (κ2) is 7.29. The van der Waals surface area contributed by atoms with Crippen molar-refractivity contribution in [1.29, 1.82) is 0 Å². The average molecular weight is 297 g/mol. The number of hydrogen-bond donors (Lipinski definition) is 2. The molecule has 5 heteroatoms. The number of anilines is 1. The molecule has 0 spiro atoms. The molecule has 2 N–H and O–H groups in total. The maximum Gasteiger partial charge on any atom is 0.313 e. The summed E-state index contributed by atoms with van der Waals surface area (Å²) in [5.41, 5.74) is 2.33. The Morgan fingerprint density at radius 1 is 1.20 bits per heavy atom. The van der Waals surface area contributed by atoms with Crippen molar-refractivity contribution in [2.45, 2.75) is 34.1 Å². The van der Waals surface area contributed by atoms with E-state index in [2.05, 4.69) is 24.5 Å². The highest BCUT2D eigenvalue weighted by molar-refractivity contribution is 6.41. The molecule has 0 aliphatic rings. The summed E-state index contributed by atoms with van der Waals surface area (Å²) in [7, 11) is 0. The van der Waals surface area contributed by atoms with Crippen molar-refractivity contribution < 1.29 is 9.59 Å². The lowest BCUT2D eigenvalue weighted by molar-refractivity contribution is -0.136. The van der Waals surface area contributed by atoms with Gasteiger partial charge in [-0.2, -0.15) is 0 Å². The van der Waals surface area contributed by atoms with Crippen molar-refractivity contribution in [2.24, 2.45) is 5.92 Å². The predicted octanol–water partition coefficient (Wildman–Crippen LogP) is 3.06. The lowest BCUT2D eigenvalue weighted by Gasteiger charge is -2.12. The number of rotatable bonds is 4. The first-order valence-corrected chi connectivity index (χ1v) is 7.05. The van der Waals surface area contributed by atoms with Crippen molar-refractivity contribution in [3.8, 4) is 0 Å². The monoisotopic (exact) mass is 296 g/mol. The third-order valence-electron chi connectivity index (χ3n) is 2.88. The fourth-order valence-electron chi connectivity index (χ4n) is 1.80. The summed E-state index contributed by atoms with van der Waals surface area (Å²) in [4.78, 5) is 23.4. The minimum Gasteiger partial charge on any atom is -0.348 e. The lowest BCUT2D eigenvalue weighted by Crippen LogP contribution is -2.36. The van der Waals surface area contributed by atoms with E-state index in [1.165, 1.54) is 0 Å². The van der Waals surface area contributed by atoms with Gasteiger partial charge in [0.05, 0.1) is 10.7 Å². The third kappa shape index (κ3) is 4.85. The molecule has 0 radical (unpaired) electrons. The van der Waals surface area contributed by atoms with E-state index in [1.54, 1.807) is 6.07 Å². The second-order valence-electron chi connectivity index (χ2n) is 5.33. The van der Waals surface area contributed by atoms with Crippen LogP contribution in [0.3, 0.4) is 0 Å². The van der Waals surface area contributed by atoms with Crippen molar-refractivity contribution in [3.63, 3.8) is 0 Å². The van der Waals surface area contributed by atoms with Gasteiger partial charge in [-0.15, -0.1) is 0 Å². The van der Waals surface area contributed by atoms with Crippen LogP contribution in [-0.4, -0.2) is 18.4 Å². The molecule has 20 heavy (non-hydrogen) atoms. The highest BCUT2D eigenvalue weighted by Crippen LogP contribution is 2.27. The highest BCUT2D eigenvalue weighted by atomic mass is 35.5. The summed E-state index contributed by atoms with van der Waals surface area (Å²) < 4.78 is 0. The van der Waals surface area contributed by atoms with Gasteiger partial charge in [-0.3, -0.25) is 9.59 Å². The molecule has 2 amide bonds. The van der Waals surface area contributed by atoms with E-state index in [9.17, 15) is 9.59 Å².